The van der Waals surface area contributed by atoms with Crippen LogP contribution >= 0.6 is 15.9 Å². The Morgan fingerprint density at radius 1 is 1.24 bits per heavy atom. The van der Waals surface area contributed by atoms with Crippen molar-refractivity contribution in [2.75, 3.05) is 13.7 Å². The number of hydrogen-bond acceptors (Lipinski definition) is 2. The van der Waals surface area contributed by atoms with E-state index in [1.54, 1.807) is 0 Å². The van der Waals surface area contributed by atoms with Gasteiger partial charge in [-0.1, -0.05) is 41.6 Å². The van der Waals surface area contributed by atoms with Gasteiger partial charge < -0.3 is 10.1 Å². The van der Waals surface area contributed by atoms with Gasteiger partial charge in [-0.2, -0.15) is 0 Å². The van der Waals surface area contributed by atoms with E-state index in [4.69, 9.17) is 4.74 Å². The summed E-state index contributed by atoms with van der Waals surface area (Å²) in [5, 5.41) is 3.59. The highest BCUT2D eigenvalue weighted by Gasteiger charge is 2.25. The van der Waals surface area contributed by atoms with Gasteiger partial charge in [-0.25, -0.2) is 0 Å². The zero-order valence-electron chi connectivity index (χ0n) is 13.0. The predicted octanol–water partition coefficient (Wildman–Crippen LogP) is 4.48. The Morgan fingerprint density at radius 3 is 2.71 bits per heavy atom. The van der Waals surface area contributed by atoms with Crippen molar-refractivity contribution in [2.45, 2.75) is 57.4 Å². The first-order valence-electron chi connectivity index (χ1n) is 8.39. The molecule has 21 heavy (non-hydrogen) atoms. The van der Waals surface area contributed by atoms with Crippen LogP contribution in [0.15, 0.2) is 16.6 Å². The molecular formula is C18H26BrNO. The number of benzene rings is 1. The van der Waals surface area contributed by atoms with E-state index in [1.807, 2.05) is 0 Å². The van der Waals surface area contributed by atoms with Crippen molar-refractivity contribution < 1.29 is 4.74 Å². The van der Waals surface area contributed by atoms with Gasteiger partial charge in [0.25, 0.3) is 0 Å². The standard InChI is InChI=1S/C18H26BrNO/c1-20-17(13-6-4-2-3-5-7-13)12-15-11-16(19)10-14-8-9-21-18(14)15/h10-11,13,17,20H,2-9,12H2,1H3. The van der Waals surface area contributed by atoms with Crippen molar-refractivity contribution in [3.05, 3.63) is 27.7 Å². The maximum atomic E-state index is 5.89. The maximum Gasteiger partial charge on any atom is 0.125 e. The van der Waals surface area contributed by atoms with Crippen LogP contribution in [-0.4, -0.2) is 19.7 Å². The number of likely N-dealkylation sites (N-methyl/N-ethyl adjacent to an activating group) is 1. The van der Waals surface area contributed by atoms with E-state index in [1.165, 1.54) is 54.1 Å². The van der Waals surface area contributed by atoms with E-state index < -0.39 is 0 Å². The summed E-state index contributed by atoms with van der Waals surface area (Å²) in [5.41, 5.74) is 2.75. The molecule has 0 amide bonds. The Kier molecular flexibility index (Phi) is 5.23. The zero-order valence-corrected chi connectivity index (χ0v) is 14.5. The number of halogens is 1. The molecule has 1 fully saturated rings. The van der Waals surface area contributed by atoms with Crippen molar-refractivity contribution in [1.82, 2.24) is 5.32 Å². The fourth-order valence-corrected chi connectivity index (χ4v) is 4.50. The molecule has 1 aromatic rings. The van der Waals surface area contributed by atoms with Crippen LogP contribution in [0.5, 0.6) is 5.75 Å². The second-order valence-corrected chi connectivity index (χ2v) is 7.42. The van der Waals surface area contributed by atoms with Crippen LogP contribution in [0.2, 0.25) is 0 Å². The van der Waals surface area contributed by atoms with Crippen LogP contribution in [0.3, 0.4) is 0 Å². The number of hydrogen-bond donors (Lipinski definition) is 1. The average Bonchev–Trinajstić information content (AvgIpc) is 2.78. The second kappa shape index (κ2) is 7.15. The lowest BCUT2D eigenvalue weighted by atomic mass is 9.87. The molecule has 3 rings (SSSR count). The van der Waals surface area contributed by atoms with Crippen molar-refractivity contribution in [1.29, 1.82) is 0 Å². The summed E-state index contributed by atoms with van der Waals surface area (Å²) in [6, 6.07) is 5.04. The first-order chi connectivity index (χ1) is 10.3. The van der Waals surface area contributed by atoms with Crippen molar-refractivity contribution in [2.24, 2.45) is 5.92 Å². The lowest BCUT2D eigenvalue weighted by Gasteiger charge is -2.26. The van der Waals surface area contributed by atoms with Gasteiger partial charge in [0, 0.05) is 16.9 Å². The third kappa shape index (κ3) is 3.62. The largest absolute Gasteiger partial charge is 0.493 e. The van der Waals surface area contributed by atoms with E-state index >= 15 is 0 Å². The maximum absolute atomic E-state index is 5.89. The predicted molar refractivity (Wildman–Crippen MR) is 91.1 cm³/mol. The summed E-state index contributed by atoms with van der Waals surface area (Å²) >= 11 is 3.66. The molecule has 1 saturated carbocycles. The SMILES string of the molecule is CNC(Cc1cc(Br)cc2c1OCC2)C1CCCCCC1. The molecule has 0 radical (unpaired) electrons. The summed E-state index contributed by atoms with van der Waals surface area (Å²) in [5.74, 6) is 1.97. The van der Waals surface area contributed by atoms with Gasteiger partial charge in [0.15, 0.2) is 0 Å². The molecule has 1 aliphatic heterocycles. The van der Waals surface area contributed by atoms with Gasteiger partial charge in [-0.05, 0) is 55.5 Å². The van der Waals surface area contributed by atoms with Crippen molar-refractivity contribution in [3.63, 3.8) is 0 Å². The second-order valence-electron chi connectivity index (χ2n) is 6.50. The number of fused-ring (bicyclic) bond motifs is 1. The molecule has 1 aliphatic carbocycles. The minimum Gasteiger partial charge on any atom is -0.493 e. The van der Waals surface area contributed by atoms with E-state index in [-0.39, 0.29) is 0 Å². The molecule has 1 heterocycles. The van der Waals surface area contributed by atoms with Gasteiger partial charge in [0.1, 0.15) is 5.75 Å². The molecular weight excluding hydrogens is 326 g/mol. The van der Waals surface area contributed by atoms with E-state index in [0.717, 1.165) is 31.1 Å². The molecule has 0 aromatic heterocycles. The Balaban J connectivity index is 1.77. The fourth-order valence-electron chi connectivity index (χ4n) is 3.95. The van der Waals surface area contributed by atoms with Gasteiger partial charge >= 0.3 is 0 Å². The third-order valence-electron chi connectivity index (χ3n) is 5.10. The van der Waals surface area contributed by atoms with E-state index in [2.05, 4.69) is 40.4 Å². The molecule has 2 nitrogen and oxygen atoms in total. The smallest absolute Gasteiger partial charge is 0.125 e. The summed E-state index contributed by atoms with van der Waals surface area (Å²) < 4.78 is 7.09. The molecule has 1 N–H and O–H groups in total. The Hall–Kier alpha value is -0.540. The molecule has 0 bridgehead atoms. The van der Waals surface area contributed by atoms with Crippen LogP contribution in [0.4, 0.5) is 0 Å². The van der Waals surface area contributed by atoms with E-state index in [9.17, 15) is 0 Å². The monoisotopic (exact) mass is 351 g/mol. The highest BCUT2D eigenvalue weighted by molar-refractivity contribution is 9.10. The summed E-state index contributed by atoms with van der Waals surface area (Å²) in [7, 11) is 2.12. The van der Waals surface area contributed by atoms with Crippen LogP contribution in [-0.2, 0) is 12.8 Å². The lowest BCUT2D eigenvalue weighted by Crippen LogP contribution is -2.35. The van der Waals surface area contributed by atoms with Gasteiger partial charge in [-0.3, -0.25) is 0 Å². The van der Waals surface area contributed by atoms with E-state index in [0.29, 0.717) is 6.04 Å². The molecule has 0 spiro atoms. The van der Waals surface area contributed by atoms with Crippen LogP contribution in [0.25, 0.3) is 0 Å². The van der Waals surface area contributed by atoms with Crippen molar-refractivity contribution in [3.8, 4) is 5.75 Å². The Bertz CT molecular complexity index is 480. The molecule has 1 atom stereocenters. The summed E-state index contributed by atoms with van der Waals surface area (Å²) in [6.45, 7) is 0.840. The topological polar surface area (TPSA) is 21.3 Å². The number of ether oxygens (including phenoxy) is 1. The minimum atomic E-state index is 0.575. The van der Waals surface area contributed by atoms with Gasteiger partial charge in [0.05, 0.1) is 6.61 Å². The Labute approximate surface area is 136 Å². The normalized spacial score (nSPS) is 20.7. The first kappa shape index (κ1) is 15.4. The van der Waals surface area contributed by atoms with Gasteiger partial charge in [-0.15, -0.1) is 0 Å². The average molecular weight is 352 g/mol. The van der Waals surface area contributed by atoms with Gasteiger partial charge in [0.2, 0.25) is 0 Å². The first-order valence-corrected chi connectivity index (χ1v) is 9.18. The minimum absolute atomic E-state index is 0.575. The summed E-state index contributed by atoms with van der Waals surface area (Å²) in [4.78, 5) is 0. The lowest BCUT2D eigenvalue weighted by molar-refractivity contribution is 0.322. The fraction of sp³-hybridized carbons (Fsp3) is 0.667. The van der Waals surface area contributed by atoms with Crippen molar-refractivity contribution >= 4 is 15.9 Å². The van der Waals surface area contributed by atoms with Crippen LogP contribution in [0, 0.1) is 5.92 Å². The zero-order chi connectivity index (χ0) is 14.7. The number of nitrogens with one attached hydrogen (secondary N) is 1. The quantitative estimate of drug-likeness (QED) is 0.807. The molecule has 0 saturated heterocycles. The highest BCUT2D eigenvalue weighted by atomic mass is 79.9. The summed E-state index contributed by atoms with van der Waals surface area (Å²) in [6.07, 6.45) is 10.5. The molecule has 116 valence electrons. The molecule has 1 unspecified atom stereocenters. The van der Waals surface area contributed by atoms with Crippen LogP contribution in [0.1, 0.15) is 49.7 Å². The highest BCUT2D eigenvalue weighted by Crippen LogP contribution is 2.35. The van der Waals surface area contributed by atoms with Crippen LogP contribution < -0.4 is 10.1 Å². The molecule has 2 aliphatic rings. The Morgan fingerprint density at radius 2 is 2.00 bits per heavy atom. The molecule has 1 aromatic carbocycles. The third-order valence-corrected chi connectivity index (χ3v) is 5.56. The number of rotatable bonds is 4. The molecule has 3 heteroatoms.